The third kappa shape index (κ3) is 3.42. The van der Waals surface area contributed by atoms with E-state index in [4.69, 9.17) is 0 Å². The molecule has 2 aromatic rings. The quantitative estimate of drug-likeness (QED) is 0.643. The maximum atomic E-state index is 12.8. The van der Waals surface area contributed by atoms with Crippen LogP contribution in [-0.4, -0.2) is 87.8 Å². The molecule has 108 valence electrons. The van der Waals surface area contributed by atoms with Gasteiger partial charge in [0.1, 0.15) is 6.73 Å². The normalized spacial score (nSPS) is 15.4. The third-order valence-corrected chi connectivity index (χ3v) is 3.66. The van der Waals surface area contributed by atoms with Crippen molar-refractivity contribution in [1.82, 2.24) is 10.2 Å². The summed E-state index contributed by atoms with van der Waals surface area (Å²) in [6.07, 6.45) is 0. The summed E-state index contributed by atoms with van der Waals surface area (Å²) in [5, 5.41) is 12.0. The molecule has 7 heteroatoms. The summed E-state index contributed by atoms with van der Waals surface area (Å²) < 4.78 is 0. The van der Waals surface area contributed by atoms with Gasteiger partial charge in [0, 0.05) is 59.1 Å². The van der Waals surface area contributed by atoms with Crippen LogP contribution < -0.4 is 5.32 Å². The maximum Gasteiger partial charge on any atom is 0.327 e. The summed E-state index contributed by atoms with van der Waals surface area (Å²) in [7, 11) is 0. The van der Waals surface area contributed by atoms with Crippen molar-refractivity contribution in [2.24, 2.45) is 0 Å². The number of aliphatic hydroxyl groups is 1. The predicted molar refractivity (Wildman–Crippen MR) is 87.6 cm³/mol. The Labute approximate surface area is 178 Å². The van der Waals surface area contributed by atoms with E-state index in [1.165, 1.54) is 0 Å². The molecule has 0 atom stereocenters. The fourth-order valence-corrected chi connectivity index (χ4v) is 2.64. The number of aliphatic hydroxyl groups excluding tert-OH is 1. The minimum atomic E-state index is -1.29. The first-order valence-corrected chi connectivity index (χ1v) is 6.56. The molecule has 3 amide bonds. The molecule has 0 saturated carbocycles. The first-order chi connectivity index (χ1) is 10.2. The summed E-state index contributed by atoms with van der Waals surface area (Å²) in [6.45, 7) is -0.647. The van der Waals surface area contributed by atoms with Crippen LogP contribution in [0.1, 0.15) is 11.1 Å². The zero-order valence-electron chi connectivity index (χ0n) is 13.2. The second-order valence-electron chi connectivity index (χ2n) is 4.79. The summed E-state index contributed by atoms with van der Waals surface area (Å²) >= 11 is 0. The number of rotatable bonds is 3. The third-order valence-electron chi connectivity index (χ3n) is 3.66. The molecule has 0 bridgehead atoms. The van der Waals surface area contributed by atoms with E-state index in [-0.39, 0.29) is 59.1 Å². The van der Waals surface area contributed by atoms with Crippen molar-refractivity contribution in [1.29, 1.82) is 0 Å². The number of nitrogens with one attached hydrogen (secondary N) is 1. The number of carbonyl (C=O) groups is 2. The van der Waals surface area contributed by atoms with Gasteiger partial charge in [-0.3, -0.25) is 4.79 Å². The van der Waals surface area contributed by atoms with Crippen molar-refractivity contribution < 1.29 is 14.7 Å². The van der Waals surface area contributed by atoms with E-state index < -0.39 is 24.2 Å². The molecule has 1 heterocycles. The molecule has 0 unspecified atom stereocenters. The van der Waals surface area contributed by atoms with Gasteiger partial charge in [-0.05, 0) is 11.1 Å². The fraction of sp³-hybridized carbons (Fsp3) is 0.125. The summed E-state index contributed by atoms with van der Waals surface area (Å²) in [5.41, 5.74) is 0.0264. The first-order valence-electron chi connectivity index (χ1n) is 6.56. The van der Waals surface area contributed by atoms with E-state index in [1.54, 1.807) is 48.5 Å². The van der Waals surface area contributed by atoms with Crippen molar-refractivity contribution in [3.05, 3.63) is 71.8 Å². The monoisotopic (exact) mass is 328 g/mol. The molecule has 1 aliphatic rings. The van der Waals surface area contributed by atoms with Crippen molar-refractivity contribution in [3.63, 3.8) is 0 Å². The van der Waals surface area contributed by atoms with Crippen LogP contribution in [0, 0.1) is 0 Å². The van der Waals surface area contributed by atoms with Gasteiger partial charge in [0.15, 0.2) is 5.54 Å². The van der Waals surface area contributed by atoms with Crippen molar-refractivity contribution >= 4 is 71.1 Å². The number of benzene rings is 2. The van der Waals surface area contributed by atoms with Gasteiger partial charge in [0.05, 0.1) is 0 Å². The largest absolute Gasteiger partial charge is 0.376 e. The average molecular weight is 328 g/mol. The molecule has 0 spiro atoms. The van der Waals surface area contributed by atoms with Crippen LogP contribution in [0.5, 0.6) is 0 Å². The van der Waals surface area contributed by atoms with Crippen LogP contribution in [0.2, 0.25) is 0 Å². The number of nitrogens with zero attached hydrogens (tertiary/aromatic N) is 1. The van der Waals surface area contributed by atoms with E-state index >= 15 is 0 Å². The van der Waals surface area contributed by atoms with Crippen LogP contribution in [0.25, 0.3) is 0 Å². The predicted octanol–water partition coefficient (Wildman–Crippen LogP) is 0.670. The second kappa shape index (κ2) is 8.44. The van der Waals surface area contributed by atoms with Crippen LogP contribution in [0.4, 0.5) is 4.79 Å². The van der Waals surface area contributed by atoms with Gasteiger partial charge >= 0.3 is 6.03 Å². The molecule has 0 aliphatic carbocycles. The topological polar surface area (TPSA) is 69.6 Å². The molecular formula is C16H14N2Na2O3. The van der Waals surface area contributed by atoms with Crippen LogP contribution in [0.3, 0.4) is 0 Å². The zero-order chi connectivity index (χ0) is 14.9. The number of hydrogen-bond donors (Lipinski definition) is 2. The molecule has 23 heavy (non-hydrogen) atoms. The Morgan fingerprint density at radius 2 is 1.30 bits per heavy atom. The fourth-order valence-electron chi connectivity index (χ4n) is 2.64. The summed E-state index contributed by atoms with van der Waals surface area (Å²) in [4.78, 5) is 25.6. The van der Waals surface area contributed by atoms with Gasteiger partial charge in [-0.2, -0.15) is 0 Å². The SMILES string of the molecule is O=C1NC(c2ccccc2)(c2ccccc2)C(=O)N1CO.[Na].[Na]. The smallest absolute Gasteiger partial charge is 0.327 e. The van der Waals surface area contributed by atoms with E-state index in [2.05, 4.69) is 5.32 Å². The molecule has 1 saturated heterocycles. The molecule has 2 N–H and O–H groups in total. The number of urea groups is 1. The maximum absolute atomic E-state index is 12.8. The zero-order valence-corrected chi connectivity index (χ0v) is 17.2. The molecule has 2 aromatic carbocycles. The number of amides is 3. The van der Waals surface area contributed by atoms with E-state index in [0.717, 1.165) is 4.90 Å². The molecule has 2 radical (unpaired) electrons. The molecule has 5 nitrogen and oxygen atoms in total. The number of hydrogen-bond acceptors (Lipinski definition) is 3. The number of imide groups is 1. The minimum absolute atomic E-state index is 0. The Morgan fingerprint density at radius 1 is 0.870 bits per heavy atom. The Bertz CT molecular complexity index is 641. The molecule has 0 aromatic heterocycles. The van der Waals surface area contributed by atoms with E-state index in [9.17, 15) is 14.7 Å². The first kappa shape index (κ1) is 20.4. The minimum Gasteiger partial charge on any atom is -0.376 e. The van der Waals surface area contributed by atoms with E-state index in [0.29, 0.717) is 11.1 Å². The standard InChI is InChI=1S/C16H14N2O3.2Na/c19-11-18-14(20)16(17-15(18)21,12-7-3-1-4-8-12)13-9-5-2-6-10-13;;/h1-10,19H,11H2,(H,17,21);;. The molecule has 3 rings (SSSR count). The summed E-state index contributed by atoms with van der Waals surface area (Å²) in [5.74, 6) is -0.479. The Kier molecular flexibility index (Phi) is 7.48. The summed E-state index contributed by atoms with van der Waals surface area (Å²) in [6, 6.07) is 17.4. The van der Waals surface area contributed by atoms with Gasteiger partial charge in [-0.1, -0.05) is 60.7 Å². The average Bonchev–Trinajstić information content (AvgIpc) is 2.80. The van der Waals surface area contributed by atoms with Gasteiger partial charge < -0.3 is 10.4 Å². The Morgan fingerprint density at radius 3 is 1.65 bits per heavy atom. The van der Waals surface area contributed by atoms with Crippen molar-refractivity contribution in [3.8, 4) is 0 Å². The Balaban J connectivity index is 0.00000132. The van der Waals surface area contributed by atoms with Crippen LogP contribution in [-0.2, 0) is 10.3 Å². The van der Waals surface area contributed by atoms with Crippen LogP contribution >= 0.6 is 0 Å². The number of carbonyl (C=O) groups excluding carboxylic acids is 2. The second-order valence-corrected chi connectivity index (χ2v) is 4.79. The van der Waals surface area contributed by atoms with Crippen molar-refractivity contribution in [2.75, 3.05) is 6.73 Å². The van der Waals surface area contributed by atoms with Gasteiger partial charge in [0.25, 0.3) is 5.91 Å². The van der Waals surface area contributed by atoms with Gasteiger partial charge in [-0.25, -0.2) is 9.69 Å². The van der Waals surface area contributed by atoms with E-state index in [1.807, 2.05) is 12.1 Å². The van der Waals surface area contributed by atoms with Gasteiger partial charge in [0.2, 0.25) is 0 Å². The van der Waals surface area contributed by atoms with Crippen molar-refractivity contribution in [2.45, 2.75) is 5.54 Å². The Hall–Kier alpha value is -0.660. The van der Waals surface area contributed by atoms with Crippen LogP contribution in [0.15, 0.2) is 60.7 Å². The molecule has 1 aliphatic heterocycles. The molecule has 1 fully saturated rings. The van der Waals surface area contributed by atoms with Gasteiger partial charge in [-0.15, -0.1) is 0 Å². The molecular weight excluding hydrogens is 314 g/mol.